The summed E-state index contributed by atoms with van der Waals surface area (Å²) in [6, 6.07) is 0. The van der Waals surface area contributed by atoms with Gasteiger partial charge in [0.05, 0.1) is 12.5 Å². The van der Waals surface area contributed by atoms with Crippen LogP contribution >= 0.6 is 0 Å². The summed E-state index contributed by atoms with van der Waals surface area (Å²) in [5.41, 5.74) is 0. The lowest BCUT2D eigenvalue weighted by atomic mass is 10.4. The number of nitrogens with zero attached hydrogens (tertiary/aromatic N) is 2. The maximum Gasteiger partial charge on any atom is 0.0923 e. The van der Waals surface area contributed by atoms with Crippen molar-refractivity contribution >= 4 is 6.34 Å². The summed E-state index contributed by atoms with van der Waals surface area (Å²) in [7, 11) is 7.73. The molecule has 0 aromatic carbocycles. The van der Waals surface area contributed by atoms with Crippen LogP contribution in [0.4, 0.5) is 0 Å². The molecule has 0 rings (SSSR count). The molecule has 0 fully saturated rings. The summed E-state index contributed by atoms with van der Waals surface area (Å²) >= 11 is 0. The minimum atomic E-state index is 0.309. The molecule has 0 amide bonds. The molecule has 0 aliphatic heterocycles. The summed E-state index contributed by atoms with van der Waals surface area (Å²) in [4.78, 5) is 5.94. The van der Waals surface area contributed by atoms with Crippen LogP contribution in [-0.4, -0.2) is 52.1 Å². The molecule has 0 saturated heterocycles. The molecule has 0 aromatic rings. The Hall–Kier alpha value is -0.610. The van der Waals surface area contributed by atoms with E-state index in [0.29, 0.717) is 6.17 Å². The van der Waals surface area contributed by atoms with Crippen LogP contribution in [0.3, 0.4) is 0 Å². The van der Waals surface area contributed by atoms with Crippen molar-refractivity contribution in [1.82, 2.24) is 15.5 Å². The van der Waals surface area contributed by atoms with Gasteiger partial charge in [-0.15, -0.1) is 0 Å². The van der Waals surface area contributed by atoms with Crippen molar-refractivity contribution in [2.75, 3.05) is 34.7 Å². The fraction of sp³-hybridized carbons (Fsp3) is 0.857. The maximum atomic E-state index is 3.85. The van der Waals surface area contributed by atoms with E-state index < -0.39 is 0 Å². The largest absolute Gasteiger partial charge is 0.360 e. The highest BCUT2D eigenvalue weighted by Gasteiger charge is 2.05. The van der Waals surface area contributed by atoms with E-state index in [1.165, 1.54) is 0 Å². The van der Waals surface area contributed by atoms with E-state index in [4.69, 9.17) is 0 Å². The summed E-state index contributed by atoms with van der Waals surface area (Å²) < 4.78 is 0. The molecule has 4 heteroatoms. The van der Waals surface area contributed by atoms with Crippen molar-refractivity contribution in [2.45, 2.75) is 6.17 Å². The lowest BCUT2D eigenvalue weighted by Gasteiger charge is -2.23. The van der Waals surface area contributed by atoms with E-state index >= 15 is 0 Å². The molecular weight excluding hydrogens is 140 g/mol. The zero-order chi connectivity index (χ0) is 8.69. The fourth-order valence-corrected chi connectivity index (χ4v) is 0.744. The molecule has 1 unspecified atom stereocenters. The molecule has 0 radical (unpaired) electrons. The first-order valence-corrected chi connectivity index (χ1v) is 3.70. The van der Waals surface area contributed by atoms with Crippen molar-refractivity contribution in [3.8, 4) is 0 Å². The highest BCUT2D eigenvalue weighted by Crippen LogP contribution is 1.83. The van der Waals surface area contributed by atoms with Gasteiger partial charge in [0.25, 0.3) is 0 Å². The number of hydrogen-bond donors (Lipinski definition) is 2. The van der Waals surface area contributed by atoms with Crippen LogP contribution in [0.5, 0.6) is 0 Å². The zero-order valence-electron chi connectivity index (χ0n) is 7.76. The molecule has 0 aliphatic carbocycles. The average Bonchev–Trinajstić information content (AvgIpc) is 1.97. The van der Waals surface area contributed by atoms with E-state index in [2.05, 4.69) is 20.5 Å². The lowest BCUT2D eigenvalue weighted by molar-refractivity contribution is 0.272. The number of rotatable bonds is 5. The van der Waals surface area contributed by atoms with Crippen molar-refractivity contribution in [2.24, 2.45) is 4.99 Å². The van der Waals surface area contributed by atoms with Crippen LogP contribution in [-0.2, 0) is 0 Å². The Morgan fingerprint density at radius 2 is 2.18 bits per heavy atom. The molecule has 66 valence electrons. The molecule has 0 bridgehead atoms. The van der Waals surface area contributed by atoms with E-state index in [1.54, 1.807) is 13.4 Å². The maximum absolute atomic E-state index is 3.85. The molecule has 0 aromatic heterocycles. The van der Waals surface area contributed by atoms with Crippen LogP contribution < -0.4 is 10.6 Å². The van der Waals surface area contributed by atoms with E-state index in [0.717, 1.165) is 6.54 Å². The fourth-order valence-electron chi connectivity index (χ4n) is 0.744. The van der Waals surface area contributed by atoms with Gasteiger partial charge in [-0.25, -0.2) is 0 Å². The third-order valence-electron chi connectivity index (χ3n) is 1.42. The van der Waals surface area contributed by atoms with Gasteiger partial charge in [0, 0.05) is 13.6 Å². The summed E-state index contributed by atoms with van der Waals surface area (Å²) in [5.74, 6) is 0. The second kappa shape index (κ2) is 6.12. The SMILES string of the molecule is CN=CNC(CNC)N(C)C. The van der Waals surface area contributed by atoms with Gasteiger partial charge in [-0.05, 0) is 21.1 Å². The summed E-state index contributed by atoms with van der Waals surface area (Å²) in [5, 5.41) is 6.23. The van der Waals surface area contributed by atoms with Crippen molar-refractivity contribution in [3.63, 3.8) is 0 Å². The third kappa shape index (κ3) is 4.75. The first-order chi connectivity index (χ1) is 5.22. The van der Waals surface area contributed by atoms with Gasteiger partial charge < -0.3 is 10.6 Å². The van der Waals surface area contributed by atoms with Gasteiger partial charge in [-0.3, -0.25) is 9.89 Å². The number of hydrogen-bond acceptors (Lipinski definition) is 3. The minimum absolute atomic E-state index is 0.309. The Morgan fingerprint density at radius 3 is 2.55 bits per heavy atom. The summed E-state index contributed by atoms with van der Waals surface area (Å²) in [6.45, 7) is 0.902. The van der Waals surface area contributed by atoms with Crippen LogP contribution in [0.1, 0.15) is 0 Å². The normalized spacial score (nSPS) is 14.3. The molecule has 4 nitrogen and oxygen atoms in total. The smallest absolute Gasteiger partial charge is 0.0923 e. The van der Waals surface area contributed by atoms with Gasteiger partial charge in [-0.1, -0.05) is 0 Å². The number of nitrogens with one attached hydrogen (secondary N) is 2. The quantitative estimate of drug-likeness (QED) is 0.317. The molecule has 11 heavy (non-hydrogen) atoms. The van der Waals surface area contributed by atoms with Gasteiger partial charge >= 0.3 is 0 Å². The van der Waals surface area contributed by atoms with Gasteiger partial charge in [0.2, 0.25) is 0 Å². The molecule has 1 atom stereocenters. The molecule has 0 heterocycles. The first-order valence-electron chi connectivity index (χ1n) is 3.70. The van der Waals surface area contributed by atoms with Crippen molar-refractivity contribution < 1.29 is 0 Å². The Kier molecular flexibility index (Phi) is 5.78. The van der Waals surface area contributed by atoms with Crippen LogP contribution in [0.15, 0.2) is 4.99 Å². The minimum Gasteiger partial charge on any atom is -0.360 e. The topological polar surface area (TPSA) is 39.7 Å². The Balaban J connectivity index is 3.69. The zero-order valence-corrected chi connectivity index (χ0v) is 7.76. The molecule has 0 aliphatic rings. The lowest BCUT2D eigenvalue weighted by Crippen LogP contribution is -2.46. The van der Waals surface area contributed by atoms with E-state index in [-0.39, 0.29) is 0 Å². The molecule has 2 N–H and O–H groups in total. The van der Waals surface area contributed by atoms with Gasteiger partial charge in [0.15, 0.2) is 0 Å². The predicted molar refractivity (Wildman–Crippen MR) is 49.0 cm³/mol. The second-order valence-electron chi connectivity index (χ2n) is 2.59. The third-order valence-corrected chi connectivity index (χ3v) is 1.42. The predicted octanol–water partition coefficient (Wildman–Crippen LogP) is -0.659. The average molecular weight is 158 g/mol. The van der Waals surface area contributed by atoms with Crippen molar-refractivity contribution in [3.05, 3.63) is 0 Å². The second-order valence-corrected chi connectivity index (χ2v) is 2.59. The monoisotopic (exact) mass is 158 g/mol. The molecular formula is C7H18N4. The van der Waals surface area contributed by atoms with Crippen LogP contribution in [0.2, 0.25) is 0 Å². The van der Waals surface area contributed by atoms with E-state index in [1.807, 2.05) is 21.1 Å². The van der Waals surface area contributed by atoms with Gasteiger partial charge in [-0.2, -0.15) is 0 Å². The Bertz CT molecular complexity index is 111. The van der Waals surface area contributed by atoms with Crippen molar-refractivity contribution in [1.29, 1.82) is 0 Å². The first kappa shape index (κ1) is 10.4. The Labute approximate surface area is 68.7 Å². The summed E-state index contributed by atoms with van der Waals surface area (Å²) in [6.07, 6.45) is 2.02. The Morgan fingerprint density at radius 1 is 1.55 bits per heavy atom. The highest BCUT2D eigenvalue weighted by molar-refractivity contribution is 5.54. The molecule has 0 saturated carbocycles. The number of likely N-dealkylation sites (N-methyl/N-ethyl adjacent to an activating group) is 2. The highest BCUT2D eigenvalue weighted by atomic mass is 15.2. The van der Waals surface area contributed by atoms with E-state index in [9.17, 15) is 0 Å². The standard InChI is InChI=1S/C7H18N4/c1-8-5-7(11(3)4)10-6-9-2/h6-8H,5H2,1-4H3,(H,9,10). The van der Waals surface area contributed by atoms with Crippen LogP contribution in [0, 0.1) is 0 Å². The molecule has 0 spiro atoms. The van der Waals surface area contributed by atoms with Crippen LogP contribution in [0.25, 0.3) is 0 Å². The number of aliphatic imine (C=N–C) groups is 1. The van der Waals surface area contributed by atoms with Gasteiger partial charge in [0.1, 0.15) is 0 Å².